The molecule has 0 aliphatic heterocycles. The SMILES string of the molecule is COc1ccc(CNc2nc(NN)ncc2[N+](=O)[O-])cn1. The highest BCUT2D eigenvalue weighted by Crippen LogP contribution is 2.22. The number of hydrogen-bond donors (Lipinski definition) is 3. The summed E-state index contributed by atoms with van der Waals surface area (Å²) < 4.78 is 4.95. The monoisotopic (exact) mass is 291 g/mol. The van der Waals surface area contributed by atoms with Gasteiger partial charge in [0, 0.05) is 18.8 Å². The number of hydrogen-bond acceptors (Lipinski definition) is 9. The zero-order valence-electron chi connectivity index (χ0n) is 11.1. The van der Waals surface area contributed by atoms with E-state index < -0.39 is 4.92 Å². The topological polar surface area (TPSA) is 141 Å². The predicted octanol–water partition coefficient (Wildman–Crippen LogP) is 0.686. The molecule has 2 aromatic rings. The molecule has 2 aromatic heterocycles. The van der Waals surface area contributed by atoms with E-state index in [0.29, 0.717) is 12.4 Å². The lowest BCUT2D eigenvalue weighted by Gasteiger charge is -2.07. The lowest BCUT2D eigenvalue weighted by molar-refractivity contribution is -0.384. The van der Waals surface area contributed by atoms with Gasteiger partial charge in [-0.25, -0.2) is 15.8 Å². The Bertz CT molecular complexity index is 632. The van der Waals surface area contributed by atoms with Gasteiger partial charge in [-0.3, -0.25) is 15.5 Å². The molecule has 10 heteroatoms. The largest absolute Gasteiger partial charge is 0.481 e. The Labute approximate surface area is 119 Å². The number of anilines is 2. The van der Waals surface area contributed by atoms with E-state index in [2.05, 4.69) is 25.7 Å². The van der Waals surface area contributed by atoms with Gasteiger partial charge in [-0.2, -0.15) is 4.98 Å². The van der Waals surface area contributed by atoms with Crippen LogP contribution in [0.5, 0.6) is 5.88 Å². The van der Waals surface area contributed by atoms with E-state index in [1.165, 1.54) is 7.11 Å². The average molecular weight is 291 g/mol. The molecule has 0 aliphatic carbocycles. The highest BCUT2D eigenvalue weighted by atomic mass is 16.6. The Morgan fingerprint density at radius 2 is 2.19 bits per heavy atom. The first-order valence-corrected chi connectivity index (χ1v) is 5.85. The van der Waals surface area contributed by atoms with E-state index in [1.54, 1.807) is 18.3 Å². The van der Waals surface area contributed by atoms with Crippen molar-refractivity contribution in [2.24, 2.45) is 5.84 Å². The molecular formula is C11H13N7O3. The molecule has 10 nitrogen and oxygen atoms in total. The molecule has 21 heavy (non-hydrogen) atoms. The van der Waals surface area contributed by atoms with E-state index in [4.69, 9.17) is 10.6 Å². The van der Waals surface area contributed by atoms with Crippen LogP contribution in [0, 0.1) is 10.1 Å². The Morgan fingerprint density at radius 1 is 1.38 bits per heavy atom. The fraction of sp³-hybridized carbons (Fsp3) is 0.182. The highest BCUT2D eigenvalue weighted by molar-refractivity contribution is 5.56. The van der Waals surface area contributed by atoms with Crippen LogP contribution in [0.4, 0.5) is 17.5 Å². The van der Waals surface area contributed by atoms with Crippen molar-refractivity contribution in [2.45, 2.75) is 6.54 Å². The zero-order valence-corrected chi connectivity index (χ0v) is 11.1. The van der Waals surface area contributed by atoms with Crippen LogP contribution in [-0.4, -0.2) is 27.0 Å². The number of nitrogens with zero attached hydrogens (tertiary/aromatic N) is 4. The summed E-state index contributed by atoms with van der Waals surface area (Å²) >= 11 is 0. The number of nitrogens with one attached hydrogen (secondary N) is 2. The minimum atomic E-state index is -0.575. The van der Waals surface area contributed by atoms with Crippen molar-refractivity contribution in [3.63, 3.8) is 0 Å². The van der Waals surface area contributed by atoms with E-state index >= 15 is 0 Å². The molecule has 0 saturated heterocycles. The van der Waals surface area contributed by atoms with Crippen molar-refractivity contribution in [1.29, 1.82) is 0 Å². The Hall–Kier alpha value is -3.01. The van der Waals surface area contributed by atoms with Crippen molar-refractivity contribution in [3.8, 4) is 5.88 Å². The molecule has 0 spiro atoms. The van der Waals surface area contributed by atoms with Gasteiger partial charge in [-0.05, 0) is 5.56 Å². The number of hydrazine groups is 1. The third-order valence-electron chi connectivity index (χ3n) is 2.56. The summed E-state index contributed by atoms with van der Waals surface area (Å²) in [5.74, 6) is 5.82. The average Bonchev–Trinajstić information content (AvgIpc) is 2.52. The van der Waals surface area contributed by atoms with Gasteiger partial charge in [0.2, 0.25) is 17.6 Å². The highest BCUT2D eigenvalue weighted by Gasteiger charge is 2.16. The molecule has 4 N–H and O–H groups in total. The number of methoxy groups -OCH3 is 1. The molecule has 0 amide bonds. The quantitative estimate of drug-likeness (QED) is 0.398. The van der Waals surface area contributed by atoms with Gasteiger partial charge in [-0.15, -0.1) is 0 Å². The van der Waals surface area contributed by atoms with E-state index in [1.807, 2.05) is 0 Å². The van der Waals surface area contributed by atoms with Crippen LogP contribution >= 0.6 is 0 Å². The number of aromatic nitrogens is 3. The summed E-state index contributed by atoms with van der Waals surface area (Å²) in [4.78, 5) is 22.0. The number of rotatable bonds is 6. The van der Waals surface area contributed by atoms with Crippen molar-refractivity contribution >= 4 is 17.5 Å². The summed E-state index contributed by atoms with van der Waals surface area (Å²) in [5, 5.41) is 13.8. The number of nitrogen functional groups attached to an aromatic ring is 1. The molecule has 0 atom stereocenters. The van der Waals surface area contributed by atoms with Gasteiger partial charge in [0.05, 0.1) is 12.0 Å². The number of pyridine rings is 1. The summed E-state index contributed by atoms with van der Waals surface area (Å²) in [6.07, 6.45) is 2.68. The maximum atomic E-state index is 10.9. The number of nitrogens with two attached hydrogens (primary N) is 1. The second kappa shape index (κ2) is 6.43. The standard InChI is InChI=1S/C11H13N7O3/c1-21-9-3-2-7(4-13-9)5-14-10-8(18(19)20)6-15-11(16-10)17-12/h2-4,6H,5,12H2,1H3,(H2,14,15,16,17). The zero-order chi connectivity index (χ0) is 15.2. The van der Waals surface area contributed by atoms with Gasteiger partial charge < -0.3 is 10.1 Å². The van der Waals surface area contributed by atoms with Crippen LogP contribution in [0.1, 0.15) is 5.56 Å². The van der Waals surface area contributed by atoms with Crippen LogP contribution in [-0.2, 0) is 6.54 Å². The molecule has 0 fully saturated rings. The molecule has 0 aromatic carbocycles. The third kappa shape index (κ3) is 3.51. The smallest absolute Gasteiger partial charge is 0.329 e. The minimum absolute atomic E-state index is 0.0683. The summed E-state index contributed by atoms with van der Waals surface area (Å²) in [5.41, 5.74) is 2.80. The van der Waals surface area contributed by atoms with E-state index in [-0.39, 0.29) is 17.5 Å². The van der Waals surface area contributed by atoms with Crippen molar-refractivity contribution in [3.05, 3.63) is 40.2 Å². The van der Waals surface area contributed by atoms with Gasteiger partial charge in [0.1, 0.15) is 6.20 Å². The van der Waals surface area contributed by atoms with Crippen LogP contribution in [0.25, 0.3) is 0 Å². The number of nitro groups is 1. The summed E-state index contributed by atoms with van der Waals surface area (Å²) in [7, 11) is 1.52. The molecule has 0 saturated carbocycles. The van der Waals surface area contributed by atoms with Gasteiger partial charge in [-0.1, -0.05) is 6.07 Å². The maximum Gasteiger partial charge on any atom is 0.329 e. The molecule has 0 aliphatic rings. The minimum Gasteiger partial charge on any atom is -0.481 e. The first-order valence-electron chi connectivity index (χ1n) is 5.85. The fourth-order valence-electron chi connectivity index (χ4n) is 1.53. The van der Waals surface area contributed by atoms with Crippen molar-refractivity contribution < 1.29 is 9.66 Å². The lowest BCUT2D eigenvalue weighted by Crippen LogP contribution is -2.13. The molecule has 0 unspecified atom stereocenters. The molecule has 2 rings (SSSR count). The second-order valence-electron chi connectivity index (χ2n) is 3.89. The third-order valence-corrected chi connectivity index (χ3v) is 2.56. The first kappa shape index (κ1) is 14.4. The van der Waals surface area contributed by atoms with Crippen LogP contribution in [0.2, 0.25) is 0 Å². The normalized spacial score (nSPS) is 10.0. The van der Waals surface area contributed by atoms with Gasteiger partial charge in [0.15, 0.2) is 0 Å². The molecule has 0 bridgehead atoms. The lowest BCUT2D eigenvalue weighted by atomic mass is 10.3. The van der Waals surface area contributed by atoms with E-state index in [9.17, 15) is 10.1 Å². The molecular weight excluding hydrogens is 278 g/mol. The number of ether oxygens (including phenoxy) is 1. The summed E-state index contributed by atoms with van der Waals surface area (Å²) in [6.45, 7) is 0.304. The molecule has 2 heterocycles. The Morgan fingerprint density at radius 3 is 2.76 bits per heavy atom. The van der Waals surface area contributed by atoms with Crippen LogP contribution < -0.4 is 21.3 Å². The second-order valence-corrected chi connectivity index (χ2v) is 3.89. The molecule has 110 valence electrons. The predicted molar refractivity (Wildman–Crippen MR) is 74.6 cm³/mol. The Kier molecular flexibility index (Phi) is 4.41. The van der Waals surface area contributed by atoms with Crippen LogP contribution in [0.3, 0.4) is 0 Å². The Balaban J connectivity index is 2.15. The van der Waals surface area contributed by atoms with Gasteiger partial charge >= 0.3 is 5.69 Å². The maximum absolute atomic E-state index is 10.9. The summed E-state index contributed by atoms with van der Waals surface area (Å²) in [6, 6.07) is 3.48. The van der Waals surface area contributed by atoms with Crippen molar-refractivity contribution in [1.82, 2.24) is 15.0 Å². The van der Waals surface area contributed by atoms with Crippen LogP contribution in [0.15, 0.2) is 24.5 Å². The molecule has 0 radical (unpaired) electrons. The van der Waals surface area contributed by atoms with Gasteiger partial charge in [0.25, 0.3) is 0 Å². The van der Waals surface area contributed by atoms with Crippen molar-refractivity contribution in [2.75, 3.05) is 17.9 Å². The first-order chi connectivity index (χ1) is 10.1. The van der Waals surface area contributed by atoms with E-state index in [0.717, 1.165) is 11.8 Å². The fourth-order valence-corrected chi connectivity index (χ4v) is 1.53.